The zero-order chi connectivity index (χ0) is 24.0. The van der Waals surface area contributed by atoms with Crippen molar-refractivity contribution in [2.45, 2.75) is 39.1 Å². The zero-order valence-corrected chi connectivity index (χ0v) is 20.1. The van der Waals surface area contributed by atoms with Gasteiger partial charge in [0.05, 0.1) is 11.3 Å². The molecule has 172 valence electrons. The molecule has 1 N–H and O–H groups in total. The first kappa shape index (κ1) is 24.3. The molecule has 0 saturated carbocycles. The number of esters is 1. The van der Waals surface area contributed by atoms with Gasteiger partial charge in [-0.2, -0.15) is 0 Å². The molecule has 0 spiro atoms. The number of nitrogens with zero attached hydrogens (tertiary/aromatic N) is 1. The van der Waals surface area contributed by atoms with E-state index in [1.54, 1.807) is 24.3 Å². The number of carbonyl (C=O) groups is 3. The third-order valence-electron chi connectivity index (χ3n) is 5.33. The number of ether oxygens (including phenoxy) is 1. The summed E-state index contributed by atoms with van der Waals surface area (Å²) in [6, 6.07) is 16.3. The van der Waals surface area contributed by atoms with Gasteiger partial charge in [-0.25, -0.2) is 4.79 Å². The first-order chi connectivity index (χ1) is 15.8. The summed E-state index contributed by atoms with van der Waals surface area (Å²) in [6.45, 7) is 8.27. The van der Waals surface area contributed by atoms with Crippen molar-refractivity contribution in [3.05, 3.63) is 82.7 Å². The molecule has 0 saturated heterocycles. The molecule has 0 aliphatic heterocycles. The molecule has 1 aromatic heterocycles. The summed E-state index contributed by atoms with van der Waals surface area (Å²) in [4.78, 5) is 38.3. The Kier molecular flexibility index (Phi) is 8.11. The van der Waals surface area contributed by atoms with E-state index in [0.717, 1.165) is 29.2 Å². The minimum absolute atomic E-state index is 0.139. The molecule has 2 aromatic carbocycles. The van der Waals surface area contributed by atoms with Crippen LogP contribution in [0.2, 0.25) is 0 Å². The molecular weight excluding hydrogens is 436 g/mol. The fraction of sp³-hybridized carbons (Fsp3) is 0.269. The van der Waals surface area contributed by atoms with Crippen molar-refractivity contribution in [2.75, 3.05) is 17.7 Å². The monoisotopic (exact) mass is 464 g/mol. The van der Waals surface area contributed by atoms with Gasteiger partial charge in [0, 0.05) is 34.1 Å². The molecular formula is C26H28N2O4S. The van der Waals surface area contributed by atoms with Crippen molar-refractivity contribution in [3.8, 4) is 0 Å². The highest BCUT2D eigenvalue weighted by molar-refractivity contribution is 8.00. The molecule has 3 rings (SSSR count). The molecule has 1 amide bonds. The summed E-state index contributed by atoms with van der Waals surface area (Å²) in [7, 11) is 0. The number of nitrogens with one attached hydrogen (secondary N) is 1. The van der Waals surface area contributed by atoms with Gasteiger partial charge in [-0.15, -0.1) is 11.8 Å². The number of thioether (sulfide) groups is 1. The number of rotatable bonds is 9. The maximum Gasteiger partial charge on any atom is 0.339 e. The summed E-state index contributed by atoms with van der Waals surface area (Å²) >= 11 is 1.25. The van der Waals surface area contributed by atoms with E-state index in [1.807, 2.05) is 62.6 Å². The number of hydrogen-bond acceptors (Lipinski definition) is 5. The molecule has 0 fully saturated rings. The Labute approximate surface area is 198 Å². The summed E-state index contributed by atoms with van der Waals surface area (Å²) in [5, 5.41) is 2.84. The van der Waals surface area contributed by atoms with Crippen molar-refractivity contribution in [3.63, 3.8) is 0 Å². The van der Waals surface area contributed by atoms with E-state index in [0.29, 0.717) is 16.0 Å². The van der Waals surface area contributed by atoms with Crippen LogP contribution >= 0.6 is 11.8 Å². The second-order valence-electron chi connectivity index (χ2n) is 7.73. The van der Waals surface area contributed by atoms with Crippen molar-refractivity contribution < 1.29 is 19.1 Å². The molecule has 33 heavy (non-hydrogen) atoms. The van der Waals surface area contributed by atoms with Crippen molar-refractivity contribution >= 4 is 35.1 Å². The van der Waals surface area contributed by atoms with Gasteiger partial charge in [0.2, 0.25) is 11.7 Å². The first-order valence-electron chi connectivity index (χ1n) is 10.8. The van der Waals surface area contributed by atoms with Crippen LogP contribution in [0.5, 0.6) is 0 Å². The highest BCUT2D eigenvalue weighted by atomic mass is 32.2. The Hall–Kier alpha value is -3.32. The topological polar surface area (TPSA) is 77.4 Å². The number of amides is 1. The minimum Gasteiger partial charge on any atom is -0.454 e. The summed E-state index contributed by atoms with van der Waals surface area (Å²) < 4.78 is 7.37. The fourth-order valence-electron chi connectivity index (χ4n) is 3.60. The van der Waals surface area contributed by atoms with Gasteiger partial charge in [0.1, 0.15) is 0 Å². The van der Waals surface area contributed by atoms with Crippen LogP contribution < -0.4 is 5.32 Å². The minimum atomic E-state index is -0.588. The second kappa shape index (κ2) is 11.0. The van der Waals surface area contributed by atoms with Gasteiger partial charge < -0.3 is 14.6 Å². The molecule has 1 heterocycles. The van der Waals surface area contributed by atoms with Crippen molar-refractivity contribution in [1.82, 2.24) is 4.57 Å². The zero-order valence-electron chi connectivity index (χ0n) is 19.3. The number of anilines is 1. The summed E-state index contributed by atoms with van der Waals surface area (Å²) in [6.07, 6.45) is 0. The van der Waals surface area contributed by atoms with Crippen LogP contribution in [-0.4, -0.2) is 34.6 Å². The average molecular weight is 465 g/mol. The summed E-state index contributed by atoms with van der Waals surface area (Å²) in [5.74, 6) is -0.859. The number of aromatic nitrogens is 1. The van der Waals surface area contributed by atoms with Crippen LogP contribution in [0, 0.1) is 20.8 Å². The van der Waals surface area contributed by atoms with Crippen LogP contribution in [0.1, 0.15) is 44.6 Å². The molecule has 0 unspecified atom stereocenters. The Morgan fingerprint density at radius 3 is 2.33 bits per heavy atom. The van der Waals surface area contributed by atoms with Crippen molar-refractivity contribution in [2.24, 2.45) is 0 Å². The van der Waals surface area contributed by atoms with E-state index in [1.165, 1.54) is 11.8 Å². The lowest BCUT2D eigenvalue weighted by Gasteiger charge is -2.10. The normalized spacial score (nSPS) is 10.7. The second-order valence-corrected chi connectivity index (χ2v) is 8.74. The van der Waals surface area contributed by atoms with Crippen LogP contribution in [0.15, 0.2) is 59.5 Å². The van der Waals surface area contributed by atoms with E-state index in [-0.39, 0.29) is 24.1 Å². The number of hydrogen-bond donors (Lipinski definition) is 1. The van der Waals surface area contributed by atoms with Crippen LogP contribution in [0.4, 0.5) is 5.69 Å². The maximum atomic E-state index is 12.7. The lowest BCUT2D eigenvalue weighted by molar-refractivity contribution is -0.113. The average Bonchev–Trinajstić information content (AvgIpc) is 3.10. The number of ketones is 1. The molecule has 0 bridgehead atoms. The van der Waals surface area contributed by atoms with E-state index in [9.17, 15) is 14.4 Å². The van der Waals surface area contributed by atoms with Gasteiger partial charge in [0.15, 0.2) is 6.61 Å². The molecule has 0 atom stereocenters. The Morgan fingerprint density at radius 2 is 1.67 bits per heavy atom. The van der Waals surface area contributed by atoms with Crippen LogP contribution in [-0.2, 0) is 16.1 Å². The highest BCUT2D eigenvalue weighted by Gasteiger charge is 2.19. The van der Waals surface area contributed by atoms with E-state index < -0.39 is 5.97 Å². The van der Waals surface area contributed by atoms with Crippen molar-refractivity contribution in [1.29, 1.82) is 0 Å². The SMILES string of the molecule is CCn1c(C)cc(C(=O)COC(=O)c2ccccc2SCC(=O)Nc2ccc(C)cc2)c1C. The third-order valence-corrected chi connectivity index (χ3v) is 6.40. The van der Waals surface area contributed by atoms with Crippen LogP contribution in [0.3, 0.4) is 0 Å². The molecule has 0 aliphatic rings. The van der Waals surface area contributed by atoms with E-state index in [4.69, 9.17) is 4.74 Å². The quantitative estimate of drug-likeness (QED) is 0.267. The van der Waals surface area contributed by atoms with Gasteiger partial charge in [-0.1, -0.05) is 29.8 Å². The van der Waals surface area contributed by atoms with Gasteiger partial charge in [0.25, 0.3) is 0 Å². The number of carbonyl (C=O) groups excluding carboxylic acids is 3. The third kappa shape index (κ3) is 6.14. The lowest BCUT2D eigenvalue weighted by atomic mass is 10.1. The van der Waals surface area contributed by atoms with Crippen LogP contribution in [0.25, 0.3) is 0 Å². The fourth-order valence-corrected chi connectivity index (χ4v) is 4.44. The lowest BCUT2D eigenvalue weighted by Crippen LogP contribution is -2.16. The highest BCUT2D eigenvalue weighted by Crippen LogP contribution is 2.24. The standard InChI is InChI=1S/C26H28N2O4S/c1-5-28-18(3)14-22(19(28)4)23(29)15-32-26(31)21-8-6-7-9-24(21)33-16-25(30)27-20-12-10-17(2)11-13-20/h6-14H,5,15-16H2,1-4H3,(H,27,30). The Morgan fingerprint density at radius 1 is 0.970 bits per heavy atom. The summed E-state index contributed by atoms with van der Waals surface area (Å²) in [5.41, 5.74) is 4.60. The molecule has 7 heteroatoms. The van der Waals surface area contributed by atoms with E-state index in [2.05, 4.69) is 5.32 Å². The Balaban J connectivity index is 1.60. The number of aryl methyl sites for hydroxylation is 2. The molecule has 6 nitrogen and oxygen atoms in total. The van der Waals surface area contributed by atoms with Gasteiger partial charge in [-0.05, 0) is 58.0 Å². The van der Waals surface area contributed by atoms with Gasteiger partial charge in [-0.3, -0.25) is 9.59 Å². The predicted molar refractivity (Wildman–Crippen MR) is 131 cm³/mol. The first-order valence-corrected chi connectivity index (χ1v) is 11.7. The molecule has 0 radical (unpaired) electrons. The largest absolute Gasteiger partial charge is 0.454 e. The number of Topliss-reactive ketones (excluding diaryl/α,β-unsaturated/α-hetero) is 1. The predicted octanol–water partition coefficient (Wildman–Crippen LogP) is 5.20. The Bertz CT molecular complexity index is 1170. The van der Waals surface area contributed by atoms with E-state index >= 15 is 0 Å². The van der Waals surface area contributed by atoms with Gasteiger partial charge >= 0.3 is 5.97 Å². The molecule has 0 aliphatic carbocycles. The number of benzene rings is 2. The maximum absolute atomic E-state index is 12.7. The smallest absolute Gasteiger partial charge is 0.339 e. The molecule has 3 aromatic rings.